The molecule has 28 heavy (non-hydrogen) atoms. The first kappa shape index (κ1) is 23.4. The minimum atomic E-state index is -3.04. The first-order valence-electron chi connectivity index (χ1n) is 10.1. The summed E-state index contributed by atoms with van der Waals surface area (Å²) >= 11 is 0. The molecule has 2 fully saturated rings. The summed E-state index contributed by atoms with van der Waals surface area (Å²) in [6.07, 6.45) is 5.58. The van der Waals surface area contributed by atoms with Crippen LogP contribution < -0.4 is 10.6 Å². The summed E-state index contributed by atoms with van der Waals surface area (Å²) in [5.41, 5.74) is 1.51. The molecule has 0 unspecified atom stereocenters. The number of aliphatic imine (C=N–C) groups is 1. The van der Waals surface area contributed by atoms with Gasteiger partial charge in [-0.05, 0) is 31.7 Å². The summed E-state index contributed by atoms with van der Waals surface area (Å²) in [7, 11) is -3.04. The molecule has 0 amide bonds. The van der Waals surface area contributed by atoms with E-state index in [1.165, 1.54) is 31.2 Å². The van der Waals surface area contributed by atoms with E-state index in [0.29, 0.717) is 19.6 Å². The minimum Gasteiger partial charge on any atom is -0.357 e. The molecule has 2 aliphatic rings. The average Bonchev–Trinajstić information content (AvgIpc) is 3.28. The van der Waals surface area contributed by atoms with Gasteiger partial charge in [0.05, 0.1) is 12.3 Å². The molecule has 1 aromatic rings. The highest BCUT2D eigenvalue weighted by atomic mass is 127. The van der Waals surface area contributed by atoms with Gasteiger partial charge in [0.1, 0.15) is 0 Å². The highest BCUT2D eigenvalue weighted by Gasteiger charge is 2.35. The van der Waals surface area contributed by atoms with Gasteiger partial charge >= 0.3 is 0 Å². The smallest absolute Gasteiger partial charge is 0.214 e. The lowest BCUT2D eigenvalue weighted by molar-refractivity contribution is 0.442. The molecule has 158 valence electrons. The predicted molar refractivity (Wildman–Crippen MR) is 126 cm³/mol. The summed E-state index contributed by atoms with van der Waals surface area (Å²) in [4.78, 5) is 4.87. The zero-order valence-corrected chi connectivity index (χ0v) is 19.8. The zero-order valence-electron chi connectivity index (χ0n) is 16.7. The van der Waals surface area contributed by atoms with E-state index in [2.05, 4.69) is 41.0 Å². The largest absolute Gasteiger partial charge is 0.357 e. The first-order chi connectivity index (χ1) is 13.1. The average molecular weight is 520 g/mol. The molecule has 2 N–H and O–H groups in total. The van der Waals surface area contributed by atoms with Crippen molar-refractivity contribution < 1.29 is 8.42 Å². The second kappa shape index (κ2) is 10.8. The van der Waals surface area contributed by atoms with E-state index in [9.17, 15) is 8.42 Å². The Morgan fingerprint density at radius 2 is 1.86 bits per heavy atom. The van der Waals surface area contributed by atoms with E-state index < -0.39 is 10.0 Å². The fourth-order valence-corrected chi connectivity index (χ4v) is 5.72. The lowest BCUT2D eigenvalue weighted by Crippen LogP contribution is -2.42. The number of halogens is 1. The monoisotopic (exact) mass is 520 g/mol. The topological polar surface area (TPSA) is 73.8 Å². The van der Waals surface area contributed by atoms with E-state index in [4.69, 9.17) is 4.99 Å². The summed E-state index contributed by atoms with van der Waals surface area (Å²) in [6, 6.07) is 10.7. The molecule has 0 atom stereocenters. The molecule has 6 nitrogen and oxygen atoms in total. The zero-order chi connectivity index (χ0) is 19.2. The van der Waals surface area contributed by atoms with E-state index >= 15 is 0 Å². The second-order valence-electron chi connectivity index (χ2n) is 7.54. The standard InChI is InChI=1S/C20H32N4O2S.HI/c1-2-21-19(22-13-15-24-14-8-16-27(24,25)26)23-17-20(11-6-7-12-20)18-9-4-3-5-10-18;/h3-5,9-10H,2,6-8,11-17H2,1H3,(H2,21,22,23);1H. The van der Waals surface area contributed by atoms with Crippen LogP contribution in [0.4, 0.5) is 0 Å². The summed E-state index contributed by atoms with van der Waals surface area (Å²) in [5, 5.41) is 6.60. The first-order valence-corrected chi connectivity index (χ1v) is 11.7. The van der Waals surface area contributed by atoms with Crippen molar-refractivity contribution in [3.63, 3.8) is 0 Å². The van der Waals surface area contributed by atoms with Crippen LogP contribution in [0.1, 0.15) is 44.6 Å². The van der Waals surface area contributed by atoms with Crippen molar-refractivity contribution in [2.75, 3.05) is 38.5 Å². The SMILES string of the molecule is CCNC(=NCC1(c2ccccc2)CCCC1)NCCN1CCCS1(=O)=O.I. The van der Waals surface area contributed by atoms with E-state index in [1.807, 2.05) is 6.92 Å². The number of hydrogen-bond acceptors (Lipinski definition) is 3. The van der Waals surface area contributed by atoms with Crippen molar-refractivity contribution in [1.29, 1.82) is 0 Å². The number of nitrogens with one attached hydrogen (secondary N) is 2. The van der Waals surface area contributed by atoms with Gasteiger partial charge in [0, 0.05) is 31.6 Å². The Balaban J connectivity index is 0.00000280. The lowest BCUT2D eigenvalue weighted by Gasteiger charge is -2.28. The molecular weight excluding hydrogens is 487 g/mol. The van der Waals surface area contributed by atoms with Crippen LogP contribution in [-0.4, -0.2) is 57.2 Å². The second-order valence-corrected chi connectivity index (χ2v) is 9.63. The van der Waals surface area contributed by atoms with Crippen molar-refractivity contribution in [1.82, 2.24) is 14.9 Å². The number of rotatable bonds is 7. The Labute approximate surface area is 186 Å². The van der Waals surface area contributed by atoms with Crippen molar-refractivity contribution >= 4 is 40.0 Å². The van der Waals surface area contributed by atoms with E-state index in [0.717, 1.165) is 25.5 Å². The van der Waals surface area contributed by atoms with Gasteiger partial charge in [0.2, 0.25) is 10.0 Å². The predicted octanol–water partition coefficient (Wildman–Crippen LogP) is 2.71. The fraction of sp³-hybridized carbons (Fsp3) is 0.650. The van der Waals surface area contributed by atoms with Crippen LogP contribution >= 0.6 is 24.0 Å². The number of sulfonamides is 1. The maximum Gasteiger partial charge on any atom is 0.214 e. The molecule has 1 saturated heterocycles. The highest BCUT2D eigenvalue weighted by Crippen LogP contribution is 2.41. The summed E-state index contributed by atoms with van der Waals surface area (Å²) < 4.78 is 25.4. The van der Waals surface area contributed by atoms with E-state index in [1.54, 1.807) is 4.31 Å². The van der Waals surface area contributed by atoms with Gasteiger partial charge in [-0.25, -0.2) is 12.7 Å². The van der Waals surface area contributed by atoms with E-state index in [-0.39, 0.29) is 35.1 Å². The molecule has 1 aliphatic heterocycles. The van der Waals surface area contributed by atoms with Gasteiger partial charge in [-0.15, -0.1) is 24.0 Å². The van der Waals surface area contributed by atoms with Crippen LogP contribution in [0.25, 0.3) is 0 Å². The van der Waals surface area contributed by atoms with Crippen LogP contribution in [-0.2, 0) is 15.4 Å². The number of nitrogens with zero attached hydrogens (tertiary/aromatic N) is 2. The molecule has 1 heterocycles. The Morgan fingerprint density at radius 1 is 1.14 bits per heavy atom. The third-order valence-corrected chi connectivity index (χ3v) is 7.64. The van der Waals surface area contributed by atoms with Crippen molar-refractivity contribution in [3.05, 3.63) is 35.9 Å². The van der Waals surface area contributed by atoms with Crippen LogP contribution in [0, 0.1) is 0 Å². The molecule has 8 heteroatoms. The maximum absolute atomic E-state index is 11.9. The van der Waals surface area contributed by atoms with Gasteiger partial charge in [-0.2, -0.15) is 0 Å². The molecule has 0 radical (unpaired) electrons. The Hall–Kier alpha value is -0.870. The molecule has 0 aromatic heterocycles. The Kier molecular flexibility index (Phi) is 9.01. The highest BCUT2D eigenvalue weighted by molar-refractivity contribution is 14.0. The van der Waals surface area contributed by atoms with Crippen LogP contribution in [0.15, 0.2) is 35.3 Å². The number of hydrogen-bond donors (Lipinski definition) is 2. The number of benzene rings is 1. The maximum atomic E-state index is 11.9. The van der Waals surface area contributed by atoms with Gasteiger partial charge < -0.3 is 10.6 Å². The quantitative estimate of drug-likeness (QED) is 0.330. The molecule has 0 spiro atoms. The summed E-state index contributed by atoms with van der Waals surface area (Å²) in [5.74, 6) is 1.05. The third kappa shape index (κ3) is 5.82. The van der Waals surface area contributed by atoms with Crippen molar-refractivity contribution in [2.45, 2.75) is 44.4 Å². The minimum absolute atomic E-state index is 0. The Morgan fingerprint density at radius 3 is 2.46 bits per heavy atom. The molecule has 1 saturated carbocycles. The van der Waals surface area contributed by atoms with Crippen LogP contribution in [0.5, 0.6) is 0 Å². The van der Waals surface area contributed by atoms with Crippen LogP contribution in [0.2, 0.25) is 0 Å². The van der Waals surface area contributed by atoms with Gasteiger partial charge in [-0.1, -0.05) is 43.2 Å². The van der Waals surface area contributed by atoms with Crippen LogP contribution in [0.3, 0.4) is 0 Å². The summed E-state index contributed by atoms with van der Waals surface area (Å²) in [6.45, 7) is 5.29. The van der Waals surface area contributed by atoms with Crippen molar-refractivity contribution in [2.24, 2.45) is 4.99 Å². The molecule has 1 aromatic carbocycles. The Bertz CT molecular complexity index is 734. The molecule has 3 rings (SSSR count). The molecule has 0 bridgehead atoms. The van der Waals surface area contributed by atoms with Gasteiger partial charge in [-0.3, -0.25) is 4.99 Å². The number of guanidine groups is 1. The van der Waals surface area contributed by atoms with Gasteiger partial charge in [0.15, 0.2) is 5.96 Å². The molecular formula is C20H33IN4O2S. The normalized spacial score (nSPS) is 21.2. The van der Waals surface area contributed by atoms with Crippen molar-refractivity contribution in [3.8, 4) is 0 Å². The lowest BCUT2D eigenvalue weighted by atomic mass is 9.79. The molecule has 1 aliphatic carbocycles. The third-order valence-electron chi connectivity index (χ3n) is 5.69. The fourth-order valence-electron chi connectivity index (χ4n) is 4.20. The van der Waals surface area contributed by atoms with Gasteiger partial charge in [0.25, 0.3) is 0 Å².